The molecule has 1 aromatic carbocycles. The number of esters is 2. The lowest BCUT2D eigenvalue weighted by Gasteiger charge is -2.41. The minimum absolute atomic E-state index is 0.163. The lowest BCUT2D eigenvalue weighted by molar-refractivity contribution is -0.252. The molecule has 1 fully saturated rings. The van der Waals surface area contributed by atoms with Gasteiger partial charge in [0.25, 0.3) is 0 Å². The summed E-state index contributed by atoms with van der Waals surface area (Å²) in [5, 5.41) is 0. The molecule has 6 nitrogen and oxygen atoms in total. The molecule has 0 N–H and O–H groups in total. The number of carbonyl (C=O) groups excluding carboxylic acids is 2. The Labute approximate surface area is 160 Å². The van der Waals surface area contributed by atoms with Crippen molar-refractivity contribution in [3.63, 3.8) is 0 Å². The minimum Gasteiger partial charge on any atom is -0.463 e. The second-order valence-electron chi connectivity index (χ2n) is 6.25. The molecule has 0 saturated carbocycles. The Morgan fingerprint density at radius 3 is 2.54 bits per heavy atom. The van der Waals surface area contributed by atoms with E-state index in [2.05, 4.69) is 15.9 Å². The Bertz CT molecular complexity index is 667. The predicted molar refractivity (Wildman–Crippen MR) is 94.4 cm³/mol. The molecule has 1 aromatic rings. The Balaban J connectivity index is 2.19. The number of aryl methyl sites for hydroxylation is 1. The van der Waals surface area contributed by atoms with Crippen LogP contribution in [-0.4, -0.2) is 43.2 Å². The van der Waals surface area contributed by atoms with E-state index < -0.39 is 42.5 Å². The first-order valence-corrected chi connectivity index (χ1v) is 9.01. The van der Waals surface area contributed by atoms with Crippen LogP contribution < -0.4 is 4.74 Å². The van der Waals surface area contributed by atoms with E-state index >= 15 is 0 Å². The van der Waals surface area contributed by atoms with Crippen LogP contribution in [0.3, 0.4) is 0 Å². The van der Waals surface area contributed by atoms with Gasteiger partial charge in [-0.3, -0.25) is 9.59 Å². The lowest BCUT2D eigenvalue weighted by Crippen LogP contribution is -2.56. The standard InChI is InChI=1S/C18H22BrFO6/c1-9-7-13(19)5-6-14(9)25-18-16(20)10(2)17(24-12(4)22)15(26-18)8-23-11(3)21/h5-7,10,15-18H,8H2,1-4H3/t10-,15-,16?,17+,18+/m1/s1. The van der Waals surface area contributed by atoms with Crippen LogP contribution in [0.15, 0.2) is 22.7 Å². The molecule has 1 aliphatic heterocycles. The average Bonchev–Trinajstić information content (AvgIpc) is 2.55. The fraction of sp³-hybridized carbons (Fsp3) is 0.556. The third-order valence-electron chi connectivity index (χ3n) is 4.09. The molecule has 1 heterocycles. The minimum atomic E-state index is -1.53. The van der Waals surface area contributed by atoms with Gasteiger partial charge < -0.3 is 18.9 Å². The highest BCUT2D eigenvalue weighted by Crippen LogP contribution is 2.33. The second kappa shape index (κ2) is 8.81. The molecule has 26 heavy (non-hydrogen) atoms. The van der Waals surface area contributed by atoms with Gasteiger partial charge in [-0.05, 0) is 30.7 Å². The van der Waals surface area contributed by atoms with Crippen LogP contribution in [0.1, 0.15) is 26.3 Å². The van der Waals surface area contributed by atoms with Crippen LogP contribution in [0.4, 0.5) is 4.39 Å². The molecule has 0 bridgehead atoms. The van der Waals surface area contributed by atoms with Crippen molar-refractivity contribution in [1.29, 1.82) is 0 Å². The van der Waals surface area contributed by atoms with Crippen molar-refractivity contribution in [2.45, 2.75) is 52.4 Å². The molecule has 0 amide bonds. The van der Waals surface area contributed by atoms with Crippen molar-refractivity contribution < 1.29 is 32.9 Å². The molecule has 0 aliphatic carbocycles. The maximum atomic E-state index is 14.9. The largest absolute Gasteiger partial charge is 0.463 e. The number of hydrogen-bond donors (Lipinski definition) is 0. The van der Waals surface area contributed by atoms with E-state index in [0.29, 0.717) is 5.75 Å². The van der Waals surface area contributed by atoms with E-state index in [1.54, 1.807) is 19.1 Å². The van der Waals surface area contributed by atoms with Crippen LogP contribution in [0, 0.1) is 12.8 Å². The Kier molecular flexibility index (Phi) is 7.00. The summed E-state index contributed by atoms with van der Waals surface area (Å²) in [6, 6.07) is 5.33. The normalized spacial score (nSPS) is 28.3. The quantitative estimate of drug-likeness (QED) is 0.664. The Morgan fingerprint density at radius 1 is 1.27 bits per heavy atom. The van der Waals surface area contributed by atoms with E-state index in [9.17, 15) is 14.0 Å². The SMILES string of the molecule is CC(=O)OC[C@H]1O[C@H](Oc2ccc(Br)cc2C)C(F)[C@@H](C)[C@@H]1OC(C)=O. The summed E-state index contributed by atoms with van der Waals surface area (Å²) in [4.78, 5) is 22.5. The molecule has 5 atom stereocenters. The van der Waals surface area contributed by atoms with E-state index in [1.807, 2.05) is 13.0 Å². The third kappa shape index (κ3) is 5.17. The van der Waals surface area contributed by atoms with Gasteiger partial charge in [0.1, 0.15) is 24.6 Å². The molecule has 8 heteroatoms. The first-order valence-electron chi connectivity index (χ1n) is 8.22. The Hall–Kier alpha value is -1.67. The Morgan fingerprint density at radius 2 is 1.96 bits per heavy atom. The van der Waals surface area contributed by atoms with E-state index in [1.165, 1.54) is 13.8 Å². The van der Waals surface area contributed by atoms with Crippen LogP contribution in [-0.2, 0) is 23.8 Å². The predicted octanol–water partition coefficient (Wildman–Crippen LogP) is 3.33. The molecule has 1 aliphatic rings. The number of hydrogen-bond acceptors (Lipinski definition) is 6. The lowest BCUT2D eigenvalue weighted by atomic mass is 9.91. The highest BCUT2D eigenvalue weighted by atomic mass is 79.9. The van der Waals surface area contributed by atoms with E-state index in [-0.39, 0.29) is 6.61 Å². The van der Waals surface area contributed by atoms with Crippen LogP contribution in [0.25, 0.3) is 0 Å². The van der Waals surface area contributed by atoms with Crippen molar-refractivity contribution in [2.24, 2.45) is 5.92 Å². The maximum absolute atomic E-state index is 14.9. The van der Waals surface area contributed by atoms with Gasteiger partial charge in [-0.25, -0.2) is 4.39 Å². The third-order valence-corrected chi connectivity index (χ3v) is 4.58. The number of alkyl halides is 1. The summed E-state index contributed by atoms with van der Waals surface area (Å²) >= 11 is 3.36. The van der Waals surface area contributed by atoms with Crippen molar-refractivity contribution in [3.8, 4) is 5.75 Å². The molecule has 2 rings (SSSR count). The van der Waals surface area contributed by atoms with Gasteiger partial charge in [0.15, 0.2) is 6.17 Å². The van der Waals surface area contributed by atoms with E-state index in [0.717, 1.165) is 10.0 Å². The van der Waals surface area contributed by atoms with Crippen LogP contribution >= 0.6 is 15.9 Å². The molecule has 1 saturated heterocycles. The first kappa shape index (κ1) is 20.6. The fourth-order valence-electron chi connectivity index (χ4n) is 2.76. The molecule has 0 spiro atoms. The second-order valence-corrected chi connectivity index (χ2v) is 7.17. The van der Waals surface area contributed by atoms with Gasteiger partial charge in [-0.1, -0.05) is 22.9 Å². The number of benzene rings is 1. The first-order chi connectivity index (χ1) is 12.2. The van der Waals surface area contributed by atoms with Crippen molar-refractivity contribution in [3.05, 3.63) is 28.2 Å². The van der Waals surface area contributed by atoms with Gasteiger partial charge in [-0.15, -0.1) is 0 Å². The molecular formula is C18H22BrFO6. The monoisotopic (exact) mass is 432 g/mol. The zero-order valence-corrected chi connectivity index (χ0v) is 16.6. The zero-order valence-electron chi connectivity index (χ0n) is 15.0. The highest BCUT2D eigenvalue weighted by Gasteiger charge is 2.47. The number of halogens is 2. The molecular weight excluding hydrogens is 411 g/mol. The summed E-state index contributed by atoms with van der Waals surface area (Å²) in [7, 11) is 0. The molecule has 144 valence electrons. The summed E-state index contributed by atoms with van der Waals surface area (Å²) < 4.78 is 37.3. The average molecular weight is 433 g/mol. The topological polar surface area (TPSA) is 71.1 Å². The van der Waals surface area contributed by atoms with Crippen molar-refractivity contribution in [2.75, 3.05) is 6.61 Å². The van der Waals surface area contributed by atoms with Crippen molar-refractivity contribution >= 4 is 27.9 Å². The van der Waals surface area contributed by atoms with Gasteiger partial charge in [0.2, 0.25) is 6.29 Å². The van der Waals surface area contributed by atoms with Gasteiger partial charge in [0.05, 0.1) is 0 Å². The molecule has 0 radical (unpaired) electrons. The maximum Gasteiger partial charge on any atom is 0.303 e. The molecule has 0 aromatic heterocycles. The van der Waals surface area contributed by atoms with Crippen LogP contribution in [0.2, 0.25) is 0 Å². The van der Waals surface area contributed by atoms with E-state index in [4.69, 9.17) is 18.9 Å². The number of carbonyl (C=O) groups is 2. The summed E-state index contributed by atoms with van der Waals surface area (Å²) in [5.41, 5.74) is 0.807. The number of rotatable bonds is 5. The summed E-state index contributed by atoms with van der Waals surface area (Å²) in [6.07, 6.45) is -4.45. The summed E-state index contributed by atoms with van der Waals surface area (Å²) in [5.74, 6) is -1.29. The van der Waals surface area contributed by atoms with Crippen LogP contribution in [0.5, 0.6) is 5.75 Å². The van der Waals surface area contributed by atoms with Gasteiger partial charge >= 0.3 is 11.9 Å². The fourth-order valence-corrected chi connectivity index (χ4v) is 3.24. The highest BCUT2D eigenvalue weighted by molar-refractivity contribution is 9.10. The zero-order chi connectivity index (χ0) is 19.4. The van der Waals surface area contributed by atoms with Crippen molar-refractivity contribution in [1.82, 2.24) is 0 Å². The summed E-state index contributed by atoms with van der Waals surface area (Å²) in [6.45, 7) is 5.76. The van der Waals surface area contributed by atoms with Gasteiger partial charge in [0, 0.05) is 24.2 Å². The van der Waals surface area contributed by atoms with Gasteiger partial charge in [-0.2, -0.15) is 0 Å². The number of ether oxygens (including phenoxy) is 4. The molecule has 1 unspecified atom stereocenters. The smallest absolute Gasteiger partial charge is 0.303 e.